The largest absolute Gasteiger partial charge is 0.325 e. The topological polar surface area (TPSA) is 126 Å². The first-order chi connectivity index (χ1) is 16.0. The molecule has 0 saturated carbocycles. The number of carbonyl (C=O) groups excluding carboxylic acids is 1. The minimum Gasteiger partial charge on any atom is -0.325 e. The van der Waals surface area contributed by atoms with E-state index in [4.69, 9.17) is 0 Å². The number of nitrogens with one attached hydrogen (secondary N) is 3. The van der Waals surface area contributed by atoms with Crippen LogP contribution in [0.25, 0.3) is 5.69 Å². The number of hydrogen-bond donors (Lipinski definition) is 3. The predicted molar refractivity (Wildman–Crippen MR) is 127 cm³/mol. The van der Waals surface area contributed by atoms with Gasteiger partial charge in [0.25, 0.3) is 5.56 Å². The summed E-state index contributed by atoms with van der Waals surface area (Å²) in [6, 6.07) is 18.5. The number of thioether (sulfide) groups is 1. The minimum atomic E-state index is -0.582. The van der Waals surface area contributed by atoms with Gasteiger partial charge in [0.05, 0.1) is 5.75 Å². The number of nitrogens with zero attached hydrogens (tertiary/aromatic N) is 3. The lowest BCUT2D eigenvalue weighted by atomic mass is 10.1. The molecular weight excluding hydrogens is 440 g/mol. The van der Waals surface area contributed by atoms with Crippen LogP contribution in [-0.2, 0) is 17.6 Å². The zero-order valence-corrected chi connectivity index (χ0v) is 18.7. The molecule has 0 bridgehead atoms. The van der Waals surface area contributed by atoms with Gasteiger partial charge in [-0.25, -0.2) is 4.79 Å². The second kappa shape index (κ2) is 10.1. The Morgan fingerprint density at radius 1 is 1.03 bits per heavy atom. The third-order valence-electron chi connectivity index (χ3n) is 4.86. The first kappa shape index (κ1) is 22.3. The quantitative estimate of drug-likeness (QED) is 0.346. The third kappa shape index (κ3) is 5.66. The van der Waals surface area contributed by atoms with Gasteiger partial charge in [0, 0.05) is 29.6 Å². The normalized spacial score (nSPS) is 10.8. The number of para-hydroxylation sites is 1. The maximum absolute atomic E-state index is 12.5. The monoisotopic (exact) mass is 462 g/mol. The third-order valence-corrected chi connectivity index (χ3v) is 5.79. The standard InChI is InChI=1S/C23H22N6O3S/c1-2-15-8-10-16(11-9-15)24-21(31)14-33-23-28-27-19(29(23)18-6-4-3-5-7-18)12-17-13-20(30)26-22(32)25-17/h3-11,13H,2,12,14H2,1H3,(H,24,31)(H2,25,26,30,32). The van der Waals surface area contributed by atoms with Crippen molar-refractivity contribution in [1.82, 2.24) is 24.7 Å². The fourth-order valence-corrected chi connectivity index (χ4v) is 4.05. The lowest BCUT2D eigenvalue weighted by Gasteiger charge is -2.10. The molecule has 0 atom stereocenters. The van der Waals surface area contributed by atoms with E-state index in [9.17, 15) is 14.4 Å². The molecule has 3 N–H and O–H groups in total. The lowest BCUT2D eigenvalue weighted by Crippen LogP contribution is -2.23. The van der Waals surface area contributed by atoms with Crippen molar-refractivity contribution >= 4 is 23.4 Å². The number of H-pyrrole nitrogens is 2. The number of benzene rings is 2. The number of aromatic amines is 2. The number of anilines is 1. The van der Waals surface area contributed by atoms with Crippen LogP contribution in [0, 0.1) is 0 Å². The average molecular weight is 463 g/mol. The van der Waals surface area contributed by atoms with Crippen LogP contribution in [0.3, 0.4) is 0 Å². The van der Waals surface area contributed by atoms with E-state index in [0.717, 1.165) is 17.8 Å². The maximum Gasteiger partial charge on any atom is 0.325 e. The molecular formula is C23H22N6O3S. The average Bonchev–Trinajstić information content (AvgIpc) is 3.20. The van der Waals surface area contributed by atoms with Gasteiger partial charge in [-0.05, 0) is 36.2 Å². The van der Waals surface area contributed by atoms with Crippen molar-refractivity contribution in [1.29, 1.82) is 0 Å². The van der Waals surface area contributed by atoms with Gasteiger partial charge >= 0.3 is 5.69 Å². The molecule has 168 valence electrons. The molecule has 0 spiro atoms. The Kier molecular flexibility index (Phi) is 6.84. The molecule has 0 radical (unpaired) electrons. The highest BCUT2D eigenvalue weighted by atomic mass is 32.2. The second-order valence-corrected chi connectivity index (χ2v) is 8.19. The predicted octanol–water partition coefficient (Wildman–Crippen LogP) is 2.53. The summed E-state index contributed by atoms with van der Waals surface area (Å²) in [6.45, 7) is 2.08. The molecule has 4 aromatic rings. The molecule has 10 heteroatoms. The highest BCUT2D eigenvalue weighted by Crippen LogP contribution is 2.23. The zero-order valence-electron chi connectivity index (χ0n) is 17.9. The van der Waals surface area contributed by atoms with Crippen LogP contribution in [0.1, 0.15) is 24.0 Å². The number of aromatic nitrogens is 5. The van der Waals surface area contributed by atoms with E-state index >= 15 is 0 Å². The molecule has 2 aromatic carbocycles. The Labute approximate surface area is 193 Å². The van der Waals surface area contributed by atoms with Crippen molar-refractivity contribution < 1.29 is 4.79 Å². The Morgan fingerprint density at radius 2 is 1.79 bits per heavy atom. The van der Waals surface area contributed by atoms with Crippen molar-refractivity contribution in [3.8, 4) is 5.69 Å². The van der Waals surface area contributed by atoms with E-state index in [-0.39, 0.29) is 18.1 Å². The van der Waals surface area contributed by atoms with E-state index in [1.807, 2.05) is 59.2 Å². The summed E-state index contributed by atoms with van der Waals surface area (Å²) in [6.07, 6.45) is 1.13. The fourth-order valence-electron chi connectivity index (χ4n) is 3.28. The number of carbonyl (C=O) groups is 1. The summed E-state index contributed by atoms with van der Waals surface area (Å²) in [7, 11) is 0. The van der Waals surface area contributed by atoms with Crippen LogP contribution in [0.15, 0.2) is 75.4 Å². The SMILES string of the molecule is CCc1ccc(NC(=O)CSc2nnc(Cc3cc(=O)[nH]c(=O)[nH]3)n2-c2ccccc2)cc1. The molecule has 2 heterocycles. The van der Waals surface area contributed by atoms with Crippen molar-refractivity contribution in [3.63, 3.8) is 0 Å². The van der Waals surface area contributed by atoms with Gasteiger partial charge in [-0.3, -0.25) is 19.1 Å². The molecule has 1 amide bonds. The van der Waals surface area contributed by atoms with E-state index in [1.54, 1.807) is 0 Å². The smallest absolute Gasteiger partial charge is 0.325 e. The summed E-state index contributed by atoms with van der Waals surface area (Å²) in [5, 5.41) is 11.9. The van der Waals surface area contributed by atoms with Crippen molar-refractivity contribution in [2.45, 2.75) is 24.9 Å². The van der Waals surface area contributed by atoms with Gasteiger partial charge < -0.3 is 10.3 Å². The molecule has 9 nitrogen and oxygen atoms in total. The van der Waals surface area contributed by atoms with Crippen molar-refractivity contribution in [3.05, 3.63) is 98.6 Å². The molecule has 0 aliphatic heterocycles. The molecule has 0 unspecified atom stereocenters. The number of hydrogen-bond acceptors (Lipinski definition) is 6. The van der Waals surface area contributed by atoms with Gasteiger partial charge in [0.15, 0.2) is 5.16 Å². The first-order valence-corrected chi connectivity index (χ1v) is 11.3. The maximum atomic E-state index is 12.5. The van der Waals surface area contributed by atoms with Crippen LogP contribution < -0.4 is 16.6 Å². The molecule has 2 aromatic heterocycles. The highest BCUT2D eigenvalue weighted by Gasteiger charge is 2.17. The van der Waals surface area contributed by atoms with Crippen LogP contribution in [0.2, 0.25) is 0 Å². The first-order valence-electron chi connectivity index (χ1n) is 10.4. The fraction of sp³-hybridized carbons (Fsp3) is 0.174. The van der Waals surface area contributed by atoms with Gasteiger partial charge in [-0.15, -0.1) is 10.2 Å². The summed E-state index contributed by atoms with van der Waals surface area (Å²) in [4.78, 5) is 40.5. The van der Waals surface area contributed by atoms with Crippen LogP contribution >= 0.6 is 11.8 Å². The van der Waals surface area contributed by atoms with E-state index < -0.39 is 11.2 Å². The van der Waals surface area contributed by atoms with Crippen molar-refractivity contribution in [2.75, 3.05) is 11.1 Å². The Hall–Kier alpha value is -3.92. The minimum absolute atomic E-state index is 0.141. The number of amides is 1. The number of rotatable bonds is 8. The summed E-state index contributed by atoms with van der Waals surface area (Å²) >= 11 is 1.25. The highest BCUT2D eigenvalue weighted by molar-refractivity contribution is 7.99. The Morgan fingerprint density at radius 3 is 2.48 bits per heavy atom. The molecule has 33 heavy (non-hydrogen) atoms. The number of aryl methyl sites for hydroxylation is 1. The summed E-state index contributed by atoms with van der Waals surface area (Å²) in [5.41, 5.74) is 2.09. The van der Waals surface area contributed by atoms with Crippen molar-refractivity contribution in [2.24, 2.45) is 0 Å². The molecule has 4 rings (SSSR count). The van der Waals surface area contributed by atoms with Crippen LogP contribution in [0.5, 0.6) is 0 Å². The Balaban J connectivity index is 1.54. The van der Waals surface area contributed by atoms with Crippen LogP contribution in [0.4, 0.5) is 5.69 Å². The summed E-state index contributed by atoms with van der Waals surface area (Å²) in [5.74, 6) is 0.510. The Bertz CT molecular complexity index is 1330. The van der Waals surface area contributed by atoms with E-state index in [0.29, 0.717) is 16.7 Å². The molecule has 0 aliphatic rings. The van der Waals surface area contributed by atoms with Crippen LogP contribution in [-0.4, -0.2) is 36.4 Å². The second-order valence-electron chi connectivity index (χ2n) is 7.25. The van der Waals surface area contributed by atoms with Gasteiger partial charge in [-0.2, -0.15) is 0 Å². The van der Waals surface area contributed by atoms with Gasteiger partial charge in [-0.1, -0.05) is 49.0 Å². The molecule has 0 fully saturated rings. The molecule has 0 saturated heterocycles. The summed E-state index contributed by atoms with van der Waals surface area (Å²) < 4.78 is 1.81. The lowest BCUT2D eigenvalue weighted by molar-refractivity contribution is -0.113. The van der Waals surface area contributed by atoms with E-state index in [2.05, 4.69) is 32.4 Å². The van der Waals surface area contributed by atoms with Gasteiger partial charge in [0.1, 0.15) is 5.82 Å². The molecule has 0 aliphatic carbocycles. The van der Waals surface area contributed by atoms with Gasteiger partial charge in [0.2, 0.25) is 5.91 Å². The van der Waals surface area contributed by atoms with E-state index in [1.165, 1.54) is 23.4 Å². The zero-order chi connectivity index (χ0) is 23.2.